The van der Waals surface area contributed by atoms with E-state index in [2.05, 4.69) is 9.97 Å². The van der Waals surface area contributed by atoms with Crippen molar-refractivity contribution >= 4 is 11.8 Å². The predicted octanol–water partition coefficient (Wildman–Crippen LogP) is 2.00. The summed E-state index contributed by atoms with van der Waals surface area (Å²) in [6.45, 7) is 3.47. The lowest BCUT2D eigenvalue weighted by Crippen LogP contribution is -2.45. The summed E-state index contributed by atoms with van der Waals surface area (Å²) < 4.78 is 0. The average molecular weight is 336 g/mol. The Balaban J connectivity index is 1.51. The average Bonchev–Trinajstić information content (AvgIpc) is 3.26. The summed E-state index contributed by atoms with van der Waals surface area (Å²) in [5.74, 6) is 0.731. The van der Waals surface area contributed by atoms with Crippen molar-refractivity contribution in [3.05, 3.63) is 47.8 Å². The molecule has 0 unspecified atom stereocenters. The summed E-state index contributed by atoms with van der Waals surface area (Å²) in [5.41, 5.74) is 2.83. The molecule has 2 amide bonds. The van der Waals surface area contributed by atoms with E-state index in [9.17, 15) is 9.59 Å². The van der Waals surface area contributed by atoms with E-state index >= 15 is 0 Å². The summed E-state index contributed by atoms with van der Waals surface area (Å²) in [7, 11) is 0. The Labute approximate surface area is 146 Å². The molecular weight excluding hydrogens is 316 g/mol. The van der Waals surface area contributed by atoms with E-state index in [0.717, 1.165) is 23.2 Å². The maximum Gasteiger partial charge on any atom is 0.245 e. The monoisotopic (exact) mass is 336 g/mol. The van der Waals surface area contributed by atoms with Gasteiger partial charge in [0, 0.05) is 36.8 Å². The van der Waals surface area contributed by atoms with Gasteiger partial charge in [0.1, 0.15) is 6.04 Å². The lowest BCUT2D eigenvalue weighted by Gasteiger charge is -2.27. The van der Waals surface area contributed by atoms with Gasteiger partial charge in [0.05, 0.1) is 12.2 Å². The van der Waals surface area contributed by atoms with Crippen molar-refractivity contribution < 1.29 is 9.59 Å². The molecule has 0 radical (unpaired) electrons. The molecule has 2 aliphatic rings. The number of benzene rings is 1. The van der Waals surface area contributed by atoms with Crippen molar-refractivity contribution in [2.45, 2.75) is 38.9 Å². The fourth-order valence-electron chi connectivity index (χ4n) is 3.51. The second-order valence-corrected chi connectivity index (χ2v) is 6.59. The molecule has 1 aromatic carbocycles. The summed E-state index contributed by atoms with van der Waals surface area (Å²) in [5, 5.41) is 0. The molecule has 0 saturated carbocycles. The minimum atomic E-state index is -0.411. The van der Waals surface area contributed by atoms with Crippen molar-refractivity contribution in [3.8, 4) is 11.4 Å². The number of fused-ring (bicyclic) bond motifs is 1. The number of carbonyl (C=O) groups excluding carboxylic acids is 2. The number of rotatable bonds is 3. The zero-order valence-corrected chi connectivity index (χ0v) is 14.2. The third kappa shape index (κ3) is 2.88. The van der Waals surface area contributed by atoms with Crippen molar-refractivity contribution in [3.63, 3.8) is 0 Å². The minimum Gasteiger partial charge on any atom is -0.331 e. The Bertz CT molecular complexity index is 821. The number of carbonyl (C=O) groups is 2. The second-order valence-electron chi connectivity index (χ2n) is 6.59. The Hall–Kier alpha value is -2.76. The van der Waals surface area contributed by atoms with Crippen LogP contribution in [0.25, 0.3) is 11.4 Å². The normalized spacial score (nSPS) is 17.7. The first kappa shape index (κ1) is 15.7. The van der Waals surface area contributed by atoms with Crippen LogP contribution in [0.3, 0.4) is 0 Å². The van der Waals surface area contributed by atoms with Gasteiger partial charge in [-0.1, -0.05) is 30.3 Å². The molecule has 1 aromatic heterocycles. The zero-order chi connectivity index (χ0) is 17.4. The molecule has 2 aromatic rings. The van der Waals surface area contributed by atoms with Gasteiger partial charge in [-0.2, -0.15) is 0 Å². The van der Waals surface area contributed by atoms with E-state index in [1.54, 1.807) is 9.80 Å². The molecule has 1 fully saturated rings. The Morgan fingerprint density at radius 3 is 2.72 bits per heavy atom. The molecule has 1 saturated heterocycles. The Kier molecular flexibility index (Phi) is 3.95. The van der Waals surface area contributed by atoms with Gasteiger partial charge in [-0.3, -0.25) is 9.59 Å². The fourth-order valence-corrected chi connectivity index (χ4v) is 3.51. The summed E-state index contributed by atoms with van der Waals surface area (Å²) in [6.07, 6.45) is 3.19. The Morgan fingerprint density at radius 2 is 2.00 bits per heavy atom. The first-order valence-electron chi connectivity index (χ1n) is 8.62. The van der Waals surface area contributed by atoms with Crippen LogP contribution in [0, 0.1) is 0 Å². The van der Waals surface area contributed by atoms with Crippen LogP contribution in [-0.2, 0) is 22.7 Å². The fraction of sp³-hybridized carbons (Fsp3) is 0.368. The molecule has 128 valence electrons. The van der Waals surface area contributed by atoms with Gasteiger partial charge in [-0.25, -0.2) is 9.97 Å². The van der Waals surface area contributed by atoms with Crippen LogP contribution >= 0.6 is 0 Å². The SMILES string of the molecule is C[C@H](C(=O)N1Cc2cnc(-c3ccccc3)nc2C1)N1CCCC1=O. The highest BCUT2D eigenvalue weighted by atomic mass is 16.2. The van der Waals surface area contributed by atoms with Crippen LogP contribution in [0.15, 0.2) is 36.5 Å². The van der Waals surface area contributed by atoms with E-state index in [1.165, 1.54) is 0 Å². The second kappa shape index (κ2) is 6.27. The molecule has 1 atom stereocenters. The third-order valence-electron chi connectivity index (χ3n) is 4.93. The number of hydrogen-bond acceptors (Lipinski definition) is 4. The highest BCUT2D eigenvalue weighted by Crippen LogP contribution is 2.25. The van der Waals surface area contributed by atoms with Gasteiger partial charge in [0.15, 0.2) is 5.82 Å². The van der Waals surface area contributed by atoms with Crippen LogP contribution in [0.4, 0.5) is 0 Å². The number of amides is 2. The number of hydrogen-bond donors (Lipinski definition) is 0. The summed E-state index contributed by atoms with van der Waals surface area (Å²) in [6, 6.07) is 9.40. The largest absolute Gasteiger partial charge is 0.331 e. The first-order chi connectivity index (χ1) is 12.1. The topological polar surface area (TPSA) is 66.4 Å². The molecule has 6 heteroatoms. The maximum absolute atomic E-state index is 12.8. The molecule has 0 bridgehead atoms. The Morgan fingerprint density at radius 1 is 1.20 bits per heavy atom. The molecule has 25 heavy (non-hydrogen) atoms. The van der Waals surface area contributed by atoms with Gasteiger partial charge in [0.25, 0.3) is 0 Å². The first-order valence-corrected chi connectivity index (χ1v) is 8.62. The molecule has 0 N–H and O–H groups in total. The zero-order valence-electron chi connectivity index (χ0n) is 14.2. The number of aromatic nitrogens is 2. The van der Waals surface area contributed by atoms with Gasteiger partial charge < -0.3 is 9.80 Å². The van der Waals surface area contributed by atoms with Crippen LogP contribution in [0.2, 0.25) is 0 Å². The molecule has 0 aliphatic carbocycles. The third-order valence-corrected chi connectivity index (χ3v) is 4.93. The summed E-state index contributed by atoms with van der Waals surface area (Å²) >= 11 is 0. The lowest BCUT2D eigenvalue weighted by atomic mass is 10.2. The van der Waals surface area contributed by atoms with E-state index in [1.807, 2.05) is 43.5 Å². The van der Waals surface area contributed by atoms with Gasteiger partial charge >= 0.3 is 0 Å². The number of likely N-dealkylation sites (tertiary alicyclic amines) is 1. The van der Waals surface area contributed by atoms with E-state index < -0.39 is 6.04 Å². The van der Waals surface area contributed by atoms with Crippen LogP contribution in [-0.4, -0.2) is 44.2 Å². The molecule has 3 heterocycles. The maximum atomic E-state index is 12.8. The van der Waals surface area contributed by atoms with Crippen molar-refractivity contribution in [1.29, 1.82) is 0 Å². The molecule has 2 aliphatic heterocycles. The van der Waals surface area contributed by atoms with Crippen LogP contribution < -0.4 is 0 Å². The molecule has 0 spiro atoms. The van der Waals surface area contributed by atoms with Crippen molar-refractivity contribution in [2.75, 3.05) is 6.54 Å². The van der Waals surface area contributed by atoms with E-state index in [4.69, 9.17) is 0 Å². The highest BCUT2D eigenvalue weighted by molar-refractivity contribution is 5.88. The van der Waals surface area contributed by atoms with Gasteiger partial charge in [0.2, 0.25) is 11.8 Å². The summed E-state index contributed by atoms with van der Waals surface area (Å²) in [4.78, 5) is 37.2. The van der Waals surface area contributed by atoms with E-state index in [-0.39, 0.29) is 11.8 Å². The lowest BCUT2D eigenvalue weighted by molar-refractivity contribution is -0.143. The number of nitrogens with zero attached hydrogens (tertiary/aromatic N) is 4. The standard InChI is InChI=1S/C19H20N4O2/c1-13(23-9-5-8-17(23)24)19(25)22-11-15-10-20-18(21-16(15)12-22)14-6-3-2-4-7-14/h2-4,6-7,10,13H,5,8-9,11-12H2,1H3/t13-/m1/s1. The van der Waals surface area contributed by atoms with Crippen molar-refractivity contribution in [1.82, 2.24) is 19.8 Å². The molecule has 4 rings (SSSR count). The van der Waals surface area contributed by atoms with Gasteiger partial charge in [-0.15, -0.1) is 0 Å². The predicted molar refractivity (Wildman–Crippen MR) is 92.1 cm³/mol. The smallest absolute Gasteiger partial charge is 0.245 e. The van der Waals surface area contributed by atoms with E-state index in [0.29, 0.717) is 31.9 Å². The highest BCUT2D eigenvalue weighted by Gasteiger charge is 2.34. The van der Waals surface area contributed by atoms with Crippen LogP contribution in [0.1, 0.15) is 31.0 Å². The quantitative estimate of drug-likeness (QED) is 0.860. The minimum absolute atomic E-state index is 0.0190. The van der Waals surface area contributed by atoms with Gasteiger partial charge in [-0.05, 0) is 13.3 Å². The van der Waals surface area contributed by atoms with Crippen molar-refractivity contribution in [2.24, 2.45) is 0 Å². The molecule has 6 nitrogen and oxygen atoms in total. The molecular formula is C19H20N4O2. The van der Waals surface area contributed by atoms with Crippen LogP contribution in [0.5, 0.6) is 0 Å².